The molecule has 0 aromatic heterocycles. The maximum atomic E-state index is 12.1. The Morgan fingerprint density at radius 1 is 1.35 bits per heavy atom. The Balaban J connectivity index is 2.06. The third kappa shape index (κ3) is 3.59. The summed E-state index contributed by atoms with van der Waals surface area (Å²) < 4.78 is 0. The van der Waals surface area contributed by atoms with Gasteiger partial charge in [-0.05, 0) is 23.8 Å². The van der Waals surface area contributed by atoms with Gasteiger partial charge in [0, 0.05) is 30.7 Å². The summed E-state index contributed by atoms with van der Waals surface area (Å²) >= 11 is 5.78. The molecule has 1 amide bonds. The summed E-state index contributed by atoms with van der Waals surface area (Å²) in [6, 6.07) is 6.23. The molecule has 1 unspecified atom stereocenters. The van der Waals surface area contributed by atoms with Crippen molar-refractivity contribution in [3.8, 4) is 0 Å². The molecule has 20 heavy (non-hydrogen) atoms. The molecule has 2 rings (SSSR count). The summed E-state index contributed by atoms with van der Waals surface area (Å²) in [5.41, 5.74) is 0.838. The molecule has 6 heteroatoms. The van der Waals surface area contributed by atoms with Crippen molar-refractivity contribution in [2.24, 2.45) is 0 Å². The van der Waals surface area contributed by atoms with Gasteiger partial charge in [0.05, 0.1) is 0 Å². The first-order valence-electron chi connectivity index (χ1n) is 6.25. The molecule has 1 aliphatic heterocycles. The second-order valence-electron chi connectivity index (χ2n) is 4.47. The molecular weight excluding hydrogens is 280 g/mol. The Morgan fingerprint density at radius 3 is 2.70 bits per heavy atom. The fourth-order valence-corrected chi connectivity index (χ4v) is 2.15. The molecule has 1 aromatic carbocycles. The van der Waals surface area contributed by atoms with Crippen LogP contribution in [0.5, 0.6) is 0 Å². The number of hydrogen-bond donors (Lipinski definition) is 2. The molecule has 0 aliphatic carbocycles. The second kappa shape index (κ2) is 6.54. The van der Waals surface area contributed by atoms with Gasteiger partial charge in [-0.1, -0.05) is 23.7 Å². The molecule has 106 valence electrons. The molecule has 0 saturated carbocycles. The Hall–Kier alpha value is -1.85. The number of carboxylic acid groups (broad SMARTS) is 1. The number of nitrogens with one attached hydrogen (secondary N) is 1. The van der Waals surface area contributed by atoms with Gasteiger partial charge in [0.25, 0.3) is 0 Å². The highest BCUT2D eigenvalue weighted by atomic mass is 35.5. The lowest BCUT2D eigenvalue weighted by molar-refractivity contribution is -0.149. The number of aliphatic carboxylic acids is 1. The van der Waals surface area contributed by atoms with Crippen LogP contribution in [0.4, 0.5) is 0 Å². The molecule has 1 aliphatic rings. The topological polar surface area (TPSA) is 69.6 Å². The van der Waals surface area contributed by atoms with E-state index in [9.17, 15) is 9.59 Å². The number of halogens is 1. The number of rotatable bonds is 3. The Kier molecular flexibility index (Phi) is 4.76. The smallest absolute Gasteiger partial charge is 0.327 e. The molecule has 1 saturated heterocycles. The van der Waals surface area contributed by atoms with Crippen LogP contribution >= 0.6 is 11.6 Å². The molecule has 0 radical (unpaired) electrons. The van der Waals surface area contributed by atoms with Crippen molar-refractivity contribution in [3.05, 3.63) is 40.9 Å². The van der Waals surface area contributed by atoms with Crippen LogP contribution in [0.3, 0.4) is 0 Å². The number of carboxylic acids is 1. The number of nitrogens with zero attached hydrogens (tertiary/aromatic N) is 1. The number of benzene rings is 1. The van der Waals surface area contributed by atoms with Gasteiger partial charge in [0.1, 0.15) is 6.04 Å². The van der Waals surface area contributed by atoms with Gasteiger partial charge in [-0.15, -0.1) is 0 Å². The average Bonchev–Trinajstić information content (AvgIpc) is 2.46. The van der Waals surface area contributed by atoms with Crippen LogP contribution in [-0.2, 0) is 9.59 Å². The quantitative estimate of drug-likeness (QED) is 0.823. The number of amides is 1. The van der Waals surface area contributed by atoms with Crippen LogP contribution in [0.2, 0.25) is 5.02 Å². The van der Waals surface area contributed by atoms with E-state index in [4.69, 9.17) is 16.7 Å². The van der Waals surface area contributed by atoms with Crippen LogP contribution in [0, 0.1) is 0 Å². The fourth-order valence-electron chi connectivity index (χ4n) is 2.03. The van der Waals surface area contributed by atoms with E-state index in [0.717, 1.165) is 5.56 Å². The Bertz CT molecular complexity index is 528. The molecular formula is C14H15ClN2O3. The highest BCUT2D eigenvalue weighted by Crippen LogP contribution is 2.11. The van der Waals surface area contributed by atoms with Crippen molar-refractivity contribution in [2.45, 2.75) is 6.04 Å². The van der Waals surface area contributed by atoms with Crippen LogP contribution in [-0.4, -0.2) is 47.6 Å². The summed E-state index contributed by atoms with van der Waals surface area (Å²) in [4.78, 5) is 24.5. The zero-order valence-electron chi connectivity index (χ0n) is 10.8. The Labute approximate surface area is 121 Å². The monoisotopic (exact) mass is 294 g/mol. The number of carbonyl (C=O) groups is 2. The lowest BCUT2D eigenvalue weighted by Gasteiger charge is -2.32. The third-order valence-corrected chi connectivity index (χ3v) is 3.35. The molecule has 1 heterocycles. The summed E-state index contributed by atoms with van der Waals surface area (Å²) in [5, 5.41) is 12.7. The minimum atomic E-state index is -0.995. The Morgan fingerprint density at radius 2 is 2.05 bits per heavy atom. The molecule has 0 bridgehead atoms. The van der Waals surface area contributed by atoms with Crippen molar-refractivity contribution < 1.29 is 14.7 Å². The van der Waals surface area contributed by atoms with E-state index >= 15 is 0 Å². The van der Waals surface area contributed by atoms with E-state index in [1.165, 1.54) is 11.0 Å². The highest BCUT2D eigenvalue weighted by Gasteiger charge is 2.30. The van der Waals surface area contributed by atoms with E-state index in [1.807, 2.05) is 0 Å². The van der Waals surface area contributed by atoms with Crippen molar-refractivity contribution >= 4 is 29.6 Å². The lowest BCUT2D eigenvalue weighted by atomic mass is 10.1. The van der Waals surface area contributed by atoms with E-state index in [2.05, 4.69) is 5.32 Å². The molecule has 5 nitrogen and oxygen atoms in total. The molecule has 0 spiro atoms. The lowest BCUT2D eigenvalue weighted by Crippen LogP contribution is -2.56. The van der Waals surface area contributed by atoms with E-state index in [1.54, 1.807) is 30.3 Å². The molecule has 1 aromatic rings. The predicted octanol–water partition coefficient (Wildman–Crippen LogP) is 1.24. The van der Waals surface area contributed by atoms with Gasteiger partial charge in [-0.25, -0.2) is 4.79 Å². The van der Waals surface area contributed by atoms with E-state index in [-0.39, 0.29) is 12.5 Å². The standard InChI is InChI=1S/C14H15ClN2O3/c15-11-4-1-10(2-5-11)3-6-13(18)17-8-7-16-9-12(17)14(19)20/h1-6,12,16H,7-9H2,(H,19,20). The van der Waals surface area contributed by atoms with E-state index in [0.29, 0.717) is 18.1 Å². The first kappa shape index (κ1) is 14.6. The van der Waals surface area contributed by atoms with Crippen LogP contribution in [0.1, 0.15) is 5.56 Å². The zero-order valence-corrected chi connectivity index (χ0v) is 11.5. The normalized spacial score (nSPS) is 19.2. The van der Waals surface area contributed by atoms with Gasteiger partial charge in [-0.3, -0.25) is 4.79 Å². The van der Waals surface area contributed by atoms with Crippen LogP contribution in [0.15, 0.2) is 30.3 Å². The van der Waals surface area contributed by atoms with Crippen molar-refractivity contribution in [3.63, 3.8) is 0 Å². The van der Waals surface area contributed by atoms with Gasteiger partial charge >= 0.3 is 5.97 Å². The van der Waals surface area contributed by atoms with Crippen molar-refractivity contribution in [1.29, 1.82) is 0 Å². The SMILES string of the molecule is O=C(O)C1CNCCN1C(=O)C=Cc1ccc(Cl)cc1. The van der Waals surface area contributed by atoms with Gasteiger partial charge in [0.15, 0.2) is 0 Å². The number of piperazine rings is 1. The van der Waals surface area contributed by atoms with Crippen LogP contribution in [0.25, 0.3) is 6.08 Å². The summed E-state index contributed by atoms with van der Waals surface area (Å²) in [5.74, 6) is -1.29. The van der Waals surface area contributed by atoms with Gasteiger partial charge in [-0.2, -0.15) is 0 Å². The van der Waals surface area contributed by atoms with Gasteiger partial charge in [0.2, 0.25) is 5.91 Å². The molecule has 1 fully saturated rings. The van der Waals surface area contributed by atoms with Crippen molar-refractivity contribution in [1.82, 2.24) is 10.2 Å². The molecule has 1 atom stereocenters. The number of hydrogen-bond acceptors (Lipinski definition) is 3. The first-order valence-corrected chi connectivity index (χ1v) is 6.63. The number of carbonyl (C=O) groups excluding carboxylic acids is 1. The minimum Gasteiger partial charge on any atom is -0.480 e. The summed E-state index contributed by atoms with van der Waals surface area (Å²) in [6.45, 7) is 1.26. The van der Waals surface area contributed by atoms with E-state index < -0.39 is 12.0 Å². The molecule has 2 N–H and O–H groups in total. The first-order chi connectivity index (χ1) is 9.58. The second-order valence-corrected chi connectivity index (χ2v) is 4.91. The largest absolute Gasteiger partial charge is 0.480 e. The maximum Gasteiger partial charge on any atom is 0.327 e. The van der Waals surface area contributed by atoms with Gasteiger partial charge < -0.3 is 15.3 Å². The minimum absolute atomic E-state index is 0.274. The third-order valence-electron chi connectivity index (χ3n) is 3.10. The van der Waals surface area contributed by atoms with Crippen LogP contribution < -0.4 is 5.32 Å². The highest BCUT2D eigenvalue weighted by molar-refractivity contribution is 6.30. The van der Waals surface area contributed by atoms with Crippen molar-refractivity contribution in [2.75, 3.05) is 19.6 Å². The fraction of sp³-hybridized carbons (Fsp3) is 0.286. The predicted molar refractivity (Wildman–Crippen MR) is 76.5 cm³/mol. The zero-order chi connectivity index (χ0) is 14.5. The summed E-state index contributed by atoms with van der Waals surface area (Å²) in [6.07, 6.45) is 3.05. The average molecular weight is 295 g/mol. The summed E-state index contributed by atoms with van der Waals surface area (Å²) in [7, 11) is 0. The maximum absolute atomic E-state index is 12.1.